The van der Waals surface area contributed by atoms with Crippen molar-refractivity contribution in [2.45, 2.75) is 25.0 Å². The van der Waals surface area contributed by atoms with Gasteiger partial charge in [0.05, 0.1) is 7.11 Å². The Labute approximate surface area is 168 Å². The lowest BCUT2D eigenvalue weighted by Gasteiger charge is -2.46. The summed E-state index contributed by atoms with van der Waals surface area (Å²) in [7, 11) is 1.58. The minimum absolute atomic E-state index is 0.0770. The van der Waals surface area contributed by atoms with E-state index in [1.807, 2.05) is 4.90 Å². The smallest absolute Gasteiger partial charge is 0.271 e. The molecular weight excluding hydrogens is 380 g/mol. The van der Waals surface area contributed by atoms with Gasteiger partial charge in [-0.15, -0.1) is 0 Å². The molecule has 0 aliphatic carbocycles. The lowest BCUT2D eigenvalue weighted by atomic mass is 9.94. The number of halogens is 1. The molecule has 0 unspecified atom stereocenters. The van der Waals surface area contributed by atoms with Crippen molar-refractivity contribution in [2.24, 2.45) is 0 Å². The summed E-state index contributed by atoms with van der Waals surface area (Å²) in [5.74, 6) is 0.883. The topological polar surface area (TPSA) is 59.1 Å². The molecule has 2 aliphatic heterocycles. The maximum Gasteiger partial charge on any atom is 0.271 e. The molecule has 0 bridgehead atoms. The van der Waals surface area contributed by atoms with Crippen molar-refractivity contribution in [1.82, 2.24) is 4.90 Å². The summed E-state index contributed by atoms with van der Waals surface area (Å²) in [5.41, 5.74) is 0.652. The number of anilines is 1. The Bertz CT molecular complexity index is 863. The highest BCUT2D eigenvalue weighted by atomic mass is 35.5. The Hall–Kier alpha value is -2.73. The predicted molar refractivity (Wildman–Crippen MR) is 106 cm³/mol. The van der Waals surface area contributed by atoms with E-state index in [9.17, 15) is 9.59 Å². The third-order valence-corrected chi connectivity index (χ3v) is 5.40. The molecule has 2 fully saturated rings. The third-order valence-electron chi connectivity index (χ3n) is 5.14. The first-order valence-electron chi connectivity index (χ1n) is 9.26. The fourth-order valence-corrected chi connectivity index (χ4v) is 3.76. The van der Waals surface area contributed by atoms with Crippen molar-refractivity contribution in [3.8, 4) is 11.5 Å². The van der Waals surface area contributed by atoms with Gasteiger partial charge in [-0.05, 0) is 61.4 Å². The summed E-state index contributed by atoms with van der Waals surface area (Å²) in [6.07, 6.45) is 1.12. The lowest BCUT2D eigenvalue weighted by molar-refractivity contribution is -0.147. The lowest BCUT2D eigenvalue weighted by Crippen LogP contribution is -2.72. The van der Waals surface area contributed by atoms with Crippen molar-refractivity contribution in [1.29, 1.82) is 0 Å². The average Bonchev–Trinajstić information content (AvgIpc) is 3.26. The minimum atomic E-state index is -0.851. The average molecular weight is 401 g/mol. The molecule has 0 saturated carbocycles. The number of nitrogens with zero attached hydrogens (tertiary/aromatic N) is 2. The van der Waals surface area contributed by atoms with Crippen LogP contribution in [0.3, 0.4) is 0 Å². The van der Waals surface area contributed by atoms with Crippen molar-refractivity contribution in [2.75, 3.05) is 25.1 Å². The van der Waals surface area contributed by atoms with Gasteiger partial charge >= 0.3 is 0 Å². The van der Waals surface area contributed by atoms with Gasteiger partial charge in [0.15, 0.2) is 6.04 Å². The van der Waals surface area contributed by atoms with E-state index in [1.165, 1.54) is 4.90 Å². The van der Waals surface area contributed by atoms with Gasteiger partial charge < -0.3 is 14.4 Å². The molecule has 2 aliphatic rings. The highest BCUT2D eigenvalue weighted by Gasteiger charge is 2.55. The number of rotatable bonds is 5. The molecule has 146 valence electrons. The molecule has 2 amide bonds. The van der Waals surface area contributed by atoms with Gasteiger partial charge in [0.1, 0.15) is 11.5 Å². The van der Waals surface area contributed by atoms with Crippen LogP contribution in [0.1, 0.15) is 12.8 Å². The van der Waals surface area contributed by atoms with Crippen molar-refractivity contribution >= 4 is 29.1 Å². The summed E-state index contributed by atoms with van der Waals surface area (Å²) in [5, 5.41) is 0.580. The maximum atomic E-state index is 13.1. The standard InChI is InChI=1S/C21H21ClN2O4/c1-27-16-10-6-15(7-11-16)24-18(20(25)23-12-2-3-13-23)19(21(24)26)28-17-8-4-14(22)5-9-17/h4-11,18-19H,2-3,12-13H2,1H3/t18-,19-/m0/s1. The van der Waals surface area contributed by atoms with Crippen LogP contribution in [0.5, 0.6) is 11.5 Å². The van der Waals surface area contributed by atoms with Gasteiger partial charge in [0.25, 0.3) is 5.91 Å². The van der Waals surface area contributed by atoms with E-state index in [0.29, 0.717) is 35.3 Å². The molecule has 2 heterocycles. The number of methoxy groups -OCH3 is 1. The molecular formula is C21H21ClN2O4. The number of hydrogen-bond acceptors (Lipinski definition) is 4. The summed E-state index contributed by atoms with van der Waals surface area (Å²) in [6, 6.07) is 13.2. The summed E-state index contributed by atoms with van der Waals surface area (Å²) < 4.78 is 11.1. The molecule has 7 heteroatoms. The summed E-state index contributed by atoms with van der Waals surface area (Å²) in [6.45, 7) is 1.43. The van der Waals surface area contributed by atoms with Gasteiger partial charge in [-0.3, -0.25) is 14.5 Å². The van der Waals surface area contributed by atoms with Crippen LogP contribution < -0.4 is 14.4 Å². The SMILES string of the molecule is COc1ccc(N2C(=O)[C@@H](Oc3ccc(Cl)cc3)[C@H]2C(=O)N2CCCC2)cc1. The zero-order valence-corrected chi connectivity index (χ0v) is 16.3. The number of β-lactam (4-membered cyclic amide) rings is 1. The van der Waals surface area contributed by atoms with Crippen molar-refractivity contribution < 1.29 is 19.1 Å². The number of carbonyl (C=O) groups is 2. The molecule has 2 aromatic rings. The zero-order valence-electron chi connectivity index (χ0n) is 15.5. The van der Waals surface area contributed by atoms with Crippen LogP contribution in [-0.4, -0.2) is 49.1 Å². The Kier molecular flexibility index (Phi) is 5.13. The van der Waals surface area contributed by atoms with Crippen LogP contribution in [0.2, 0.25) is 5.02 Å². The molecule has 0 aromatic heterocycles. The minimum Gasteiger partial charge on any atom is -0.497 e. The highest BCUT2D eigenvalue weighted by molar-refractivity contribution is 6.30. The number of amides is 2. The van der Waals surface area contributed by atoms with Gasteiger partial charge in [0.2, 0.25) is 12.0 Å². The Morgan fingerprint density at radius 1 is 1.00 bits per heavy atom. The second kappa shape index (κ2) is 7.72. The molecule has 2 saturated heterocycles. The van der Waals surface area contributed by atoms with Crippen LogP contribution in [0, 0.1) is 0 Å². The Morgan fingerprint density at radius 3 is 2.21 bits per heavy atom. The molecule has 28 heavy (non-hydrogen) atoms. The molecule has 2 aromatic carbocycles. The van der Waals surface area contributed by atoms with Gasteiger partial charge in [0, 0.05) is 23.8 Å². The first-order valence-corrected chi connectivity index (χ1v) is 9.64. The van der Waals surface area contributed by atoms with Crippen LogP contribution in [-0.2, 0) is 9.59 Å². The zero-order chi connectivity index (χ0) is 19.7. The van der Waals surface area contributed by atoms with E-state index >= 15 is 0 Å². The monoisotopic (exact) mass is 400 g/mol. The maximum absolute atomic E-state index is 13.1. The van der Waals surface area contributed by atoms with E-state index < -0.39 is 12.1 Å². The fourth-order valence-electron chi connectivity index (χ4n) is 3.63. The fraction of sp³-hybridized carbons (Fsp3) is 0.333. The predicted octanol–water partition coefficient (Wildman–Crippen LogP) is 3.13. The van der Waals surface area contributed by atoms with Crippen LogP contribution >= 0.6 is 11.6 Å². The summed E-state index contributed by atoms with van der Waals surface area (Å²) >= 11 is 5.92. The van der Waals surface area contributed by atoms with E-state index in [0.717, 1.165) is 12.8 Å². The number of carbonyl (C=O) groups excluding carboxylic acids is 2. The number of likely N-dealkylation sites (tertiary alicyclic amines) is 1. The van der Waals surface area contributed by atoms with Crippen LogP contribution in [0.25, 0.3) is 0 Å². The van der Waals surface area contributed by atoms with Crippen LogP contribution in [0.4, 0.5) is 5.69 Å². The Balaban J connectivity index is 1.60. The normalized spacial score (nSPS) is 21.4. The van der Waals surface area contributed by atoms with E-state index in [4.69, 9.17) is 21.1 Å². The number of ether oxygens (including phenoxy) is 2. The molecule has 6 nitrogen and oxygen atoms in total. The van der Waals surface area contributed by atoms with E-state index in [-0.39, 0.29) is 11.8 Å². The Morgan fingerprint density at radius 2 is 1.61 bits per heavy atom. The van der Waals surface area contributed by atoms with Gasteiger partial charge in [-0.2, -0.15) is 0 Å². The van der Waals surface area contributed by atoms with Crippen LogP contribution in [0.15, 0.2) is 48.5 Å². The molecule has 0 N–H and O–H groups in total. The quantitative estimate of drug-likeness (QED) is 0.723. The molecule has 0 spiro atoms. The summed E-state index contributed by atoms with van der Waals surface area (Å²) in [4.78, 5) is 29.4. The number of hydrogen-bond donors (Lipinski definition) is 0. The van der Waals surface area contributed by atoms with E-state index in [1.54, 1.807) is 55.6 Å². The second-order valence-electron chi connectivity index (χ2n) is 6.88. The first kappa shape index (κ1) is 18.6. The molecule has 0 radical (unpaired) electrons. The van der Waals surface area contributed by atoms with Crippen molar-refractivity contribution in [3.05, 3.63) is 53.6 Å². The first-order chi connectivity index (χ1) is 13.6. The molecule has 4 rings (SSSR count). The van der Waals surface area contributed by atoms with E-state index in [2.05, 4.69) is 0 Å². The largest absolute Gasteiger partial charge is 0.497 e. The number of benzene rings is 2. The molecule has 2 atom stereocenters. The third kappa shape index (κ3) is 3.40. The van der Waals surface area contributed by atoms with Gasteiger partial charge in [-0.25, -0.2) is 0 Å². The highest BCUT2D eigenvalue weighted by Crippen LogP contribution is 2.34. The second-order valence-corrected chi connectivity index (χ2v) is 7.31. The van der Waals surface area contributed by atoms with Gasteiger partial charge in [-0.1, -0.05) is 11.6 Å². The van der Waals surface area contributed by atoms with Crippen molar-refractivity contribution in [3.63, 3.8) is 0 Å².